The molecule has 1 N–H and O–H groups in total. The Hall–Kier alpha value is -2.05. The SMILES string of the molecule is O=C(Nc1c(F)cccc1F)N1CCN(c2ccc(Cl)c(Cl)c2)CC1. The third-order valence-corrected chi connectivity index (χ3v) is 4.77. The summed E-state index contributed by atoms with van der Waals surface area (Å²) in [5.74, 6) is -1.61. The minimum atomic E-state index is -0.803. The molecule has 1 saturated heterocycles. The minimum Gasteiger partial charge on any atom is -0.368 e. The summed E-state index contributed by atoms with van der Waals surface area (Å²) in [6, 6.07) is 8.27. The Labute approximate surface area is 153 Å². The molecule has 0 saturated carbocycles. The highest BCUT2D eigenvalue weighted by atomic mass is 35.5. The Balaban J connectivity index is 1.62. The average molecular weight is 386 g/mol. The van der Waals surface area contributed by atoms with Gasteiger partial charge in [0.2, 0.25) is 0 Å². The molecule has 0 spiro atoms. The van der Waals surface area contributed by atoms with Gasteiger partial charge in [0.1, 0.15) is 17.3 Å². The van der Waals surface area contributed by atoms with E-state index < -0.39 is 23.4 Å². The van der Waals surface area contributed by atoms with Crippen molar-refractivity contribution in [2.75, 3.05) is 36.4 Å². The van der Waals surface area contributed by atoms with Gasteiger partial charge in [-0.25, -0.2) is 13.6 Å². The largest absolute Gasteiger partial charge is 0.368 e. The van der Waals surface area contributed by atoms with E-state index in [4.69, 9.17) is 23.2 Å². The zero-order chi connectivity index (χ0) is 18.0. The van der Waals surface area contributed by atoms with Crippen molar-refractivity contribution in [3.05, 3.63) is 58.1 Å². The van der Waals surface area contributed by atoms with Crippen molar-refractivity contribution < 1.29 is 13.6 Å². The molecule has 2 aromatic carbocycles. The number of hydrogen-bond donors (Lipinski definition) is 1. The third-order valence-electron chi connectivity index (χ3n) is 4.03. The minimum absolute atomic E-state index is 0.419. The molecule has 8 heteroatoms. The van der Waals surface area contributed by atoms with Gasteiger partial charge in [-0.1, -0.05) is 29.3 Å². The van der Waals surface area contributed by atoms with E-state index in [1.807, 2.05) is 6.07 Å². The van der Waals surface area contributed by atoms with E-state index >= 15 is 0 Å². The molecule has 2 amide bonds. The van der Waals surface area contributed by atoms with Crippen LogP contribution >= 0.6 is 23.2 Å². The maximum Gasteiger partial charge on any atom is 0.322 e. The summed E-state index contributed by atoms with van der Waals surface area (Å²) < 4.78 is 27.3. The number of carbonyl (C=O) groups is 1. The second-order valence-corrected chi connectivity index (χ2v) is 6.41. The van der Waals surface area contributed by atoms with E-state index in [1.165, 1.54) is 11.0 Å². The van der Waals surface area contributed by atoms with Gasteiger partial charge < -0.3 is 15.1 Å². The van der Waals surface area contributed by atoms with Crippen molar-refractivity contribution in [3.8, 4) is 0 Å². The second kappa shape index (κ2) is 7.45. The summed E-state index contributed by atoms with van der Waals surface area (Å²) in [5.41, 5.74) is 0.481. The quantitative estimate of drug-likeness (QED) is 0.817. The Bertz CT molecular complexity index is 775. The number of carbonyl (C=O) groups excluding carboxylic acids is 1. The van der Waals surface area contributed by atoms with E-state index in [2.05, 4.69) is 10.2 Å². The smallest absolute Gasteiger partial charge is 0.322 e. The first-order chi connectivity index (χ1) is 12.0. The summed E-state index contributed by atoms with van der Waals surface area (Å²) >= 11 is 11.9. The van der Waals surface area contributed by atoms with E-state index in [-0.39, 0.29) is 0 Å². The van der Waals surface area contributed by atoms with Crippen molar-refractivity contribution in [1.29, 1.82) is 0 Å². The number of nitrogens with zero attached hydrogens (tertiary/aromatic N) is 2. The van der Waals surface area contributed by atoms with Gasteiger partial charge in [0.25, 0.3) is 0 Å². The molecule has 1 aliphatic heterocycles. The maximum absolute atomic E-state index is 13.6. The summed E-state index contributed by atoms with van der Waals surface area (Å²) in [6.07, 6.45) is 0. The molecule has 1 aliphatic rings. The lowest BCUT2D eigenvalue weighted by Crippen LogP contribution is -2.50. The number of halogens is 4. The number of para-hydroxylation sites is 1. The van der Waals surface area contributed by atoms with Gasteiger partial charge in [-0.3, -0.25) is 0 Å². The van der Waals surface area contributed by atoms with Crippen molar-refractivity contribution in [3.63, 3.8) is 0 Å². The molecule has 0 radical (unpaired) electrons. The molecule has 2 aromatic rings. The van der Waals surface area contributed by atoms with Crippen LogP contribution in [-0.2, 0) is 0 Å². The molecule has 4 nitrogen and oxygen atoms in total. The van der Waals surface area contributed by atoms with Crippen LogP contribution in [0, 0.1) is 11.6 Å². The zero-order valence-electron chi connectivity index (χ0n) is 13.1. The molecule has 1 heterocycles. The Morgan fingerprint density at radius 3 is 2.20 bits per heavy atom. The van der Waals surface area contributed by atoms with Crippen molar-refractivity contribution in [2.45, 2.75) is 0 Å². The number of nitrogens with one attached hydrogen (secondary N) is 1. The molecule has 0 aromatic heterocycles. The molecule has 132 valence electrons. The zero-order valence-corrected chi connectivity index (χ0v) is 14.6. The van der Waals surface area contributed by atoms with Crippen molar-refractivity contribution in [2.24, 2.45) is 0 Å². The number of rotatable bonds is 2. The van der Waals surface area contributed by atoms with Crippen LogP contribution in [0.5, 0.6) is 0 Å². The van der Waals surface area contributed by atoms with Crippen LogP contribution in [0.4, 0.5) is 25.0 Å². The second-order valence-electron chi connectivity index (χ2n) is 5.60. The fourth-order valence-electron chi connectivity index (χ4n) is 2.65. The first-order valence-corrected chi connectivity index (χ1v) is 8.41. The van der Waals surface area contributed by atoms with Gasteiger partial charge in [-0.2, -0.15) is 0 Å². The topological polar surface area (TPSA) is 35.6 Å². The molecule has 1 fully saturated rings. The molecule has 0 aliphatic carbocycles. The lowest BCUT2D eigenvalue weighted by molar-refractivity contribution is 0.208. The standard InChI is InChI=1S/C17H15Cl2F2N3O/c18-12-5-4-11(10-13(12)19)23-6-8-24(9-7-23)17(25)22-16-14(20)2-1-3-15(16)21/h1-5,10H,6-9H2,(H,22,25). The first-order valence-electron chi connectivity index (χ1n) is 7.65. The van der Waals surface area contributed by atoms with Gasteiger partial charge in [-0.15, -0.1) is 0 Å². The predicted octanol–water partition coefficient (Wildman–Crippen LogP) is 4.63. The number of urea groups is 1. The lowest BCUT2D eigenvalue weighted by atomic mass is 10.2. The van der Waals surface area contributed by atoms with Gasteiger partial charge in [0.15, 0.2) is 0 Å². The highest BCUT2D eigenvalue weighted by Gasteiger charge is 2.23. The summed E-state index contributed by atoms with van der Waals surface area (Å²) in [5, 5.41) is 3.25. The molecule has 3 rings (SSSR count). The Morgan fingerprint density at radius 1 is 0.960 bits per heavy atom. The highest BCUT2D eigenvalue weighted by molar-refractivity contribution is 6.42. The van der Waals surface area contributed by atoms with Crippen LogP contribution in [0.25, 0.3) is 0 Å². The monoisotopic (exact) mass is 385 g/mol. The van der Waals surface area contributed by atoms with Crippen LogP contribution in [-0.4, -0.2) is 37.1 Å². The van der Waals surface area contributed by atoms with Crippen molar-refractivity contribution in [1.82, 2.24) is 4.90 Å². The van der Waals surface area contributed by atoms with Gasteiger partial charge in [0, 0.05) is 31.9 Å². The van der Waals surface area contributed by atoms with Crippen LogP contribution in [0.3, 0.4) is 0 Å². The van der Waals surface area contributed by atoms with E-state index in [9.17, 15) is 13.6 Å². The first kappa shape index (κ1) is 17.8. The molecular formula is C17H15Cl2F2N3O. The van der Waals surface area contributed by atoms with E-state index in [0.29, 0.717) is 36.2 Å². The average Bonchev–Trinajstić information content (AvgIpc) is 2.61. The third kappa shape index (κ3) is 3.96. The fraction of sp³-hybridized carbons (Fsp3) is 0.235. The normalized spacial score (nSPS) is 14.6. The summed E-state index contributed by atoms with van der Waals surface area (Å²) in [6.45, 7) is 1.99. The number of amides is 2. The molecule has 0 unspecified atom stereocenters. The predicted molar refractivity (Wildman–Crippen MR) is 95.6 cm³/mol. The number of hydrogen-bond acceptors (Lipinski definition) is 2. The van der Waals surface area contributed by atoms with Gasteiger partial charge >= 0.3 is 6.03 Å². The van der Waals surface area contributed by atoms with Gasteiger partial charge in [-0.05, 0) is 30.3 Å². The van der Waals surface area contributed by atoms with Crippen LogP contribution < -0.4 is 10.2 Å². The number of anilines is 2. The Morgan fingerprint density at radius 2 is 1.60 bits per heavy atom. The number of piperazine rings is 1. The Kier molecular flexibility index (Phi) is 5.30. The van der Waals surface area contributed by atoms with E-state index in [1.54, 1.807) is 12.1 Å². The number of benzene rings is 2. The van der Waals surface area contributed by atoms with Crippen molar-refractivity contribution >= 4 is 40.6 Å². The van der Waals surface area contributed by atoms with Crippen LogP contribution in [0.1, 0.15) is 0 Å². The van der Waals surface area contributed by atoms with Gasteiger partial charge in [0.05, 0.1) is 10.0 Å². The van der Waals surface area contributed by atoms with E-state index in [0.717, 1.165) is 17.8 Å². The molecule has 0 atom stereocenters. The maximum atomic E-state index is 13.6. The molecular weight excluding hydrogens is 371 g/mol. The summed E-state index contributed by atoms with van der Waals surface area (Å²) in [4.78, 5) is 15.8. The lowest BCUT2D eigenvalue weighted by Gasteiger charge is -2.36. The fourth-order valence-corrected chi connectivity index (χ4v) is 2.95. The van der Waals surface area contributed by atoms with Crippen LogP contribution in [0.2, 0.25) is 10.0 Å². The summed E-state index contributed by atoms with van der Waals surface area (Å²) in [7, 11) is 0. The molecule has 25 heavy (non-hydrogen) atoms. The van der Waals surface area contributed by atoms with Crippen LogP contribution in [0.15, 0.2) is 36.4 Å². The molecule has 0 bridgehead atoms. The highest BCUT2D eigenvalue weighted by Crippen LogP contribution is 2.28.